The quantitative estimate of drug-likeness (QED) is 0.820. The number of hydrogen-bond acceptors (Lipinski definition) is 2. The summed E-state index contributed by atoms with van der Waals surface area (Å²) in [6, 6.07) is 3.61. The van der Waals surface area contributed by atoms with E-state index in [0.29, 0.717) is 10.8 Å². The summed E-state index contributed by atoms with van der Waals surface area (Å²) < 4.78 is 21.7. The van der Waals surface area contributed by atoms with Crippen molar-refractivity contribution in [2.24, 2.45) is 5.92 Å². The second-order valence-corrected chi connectivity index (χ2v) is 6.10. The highest BCUT2D eigenvalue weighted by Crippen LogP contribution is 2.35. The Hall–Kier alpha value is -1.36. The van der Waals surface area contributed by atoms with Crippen LogP contribution in [0.5, 0.6) is 5.75 Å². The van der Waals surface area contributed by atoms with E-state index >= 15 is 0 Å². The first kappa shape index (κ1) is 13.6. The topological polar surface area (TPSA) is 29.9 Å². The number of fused-ring (bicyclic) bond motifs is 1. The molecule has 3 rings (SSSR count). The molecule has 0 aliphatic heterocycles. The zero-order valence-electron chi connectivity index (χ0n) is 11.8. The Morgan fingerprint density at radius 2 is 2.00 bits per heavy atom. The molecule has 1 fully saturated rings. The monoisotopic (exact) mass is 294 g/mol. The van der Waals surface area contributed by atoms with Gasteiger partial charge in [0, 0.05) is 18.2 Å². The maximum atomic E-state index is 13.8. The van der Waals surface area contributed by atoms with Crippen LogP contribution in [-0.4, -0.2) is 16.7 Å². The minimum atomic E-state index is -0.360. The van der Waals surface area contributed by atoms with E-state index in [1.54, 1.807) is 6.07 Å². The summed E-state index contributed by atoms with van der Waals surface area (Å²) in [4.78, 5) is 3.11. The fraction of sp³-hybridized carbons (Fsp3) is 0.533. The Bertz CT molecular complexity index is 683. The largest absolute Gasteiger partial charge is 0.494 e. The van der Waals surface area contributed by atoms with Crippen molar-refractivity contribution in [3.8, 4) is 5.75 Å². The molecule has 1 aromatic heterocycles. The summed E-state index contributed by atoms with van der Waals surface area (Å²) >= 11 is 5.43. The fourth-order valence-corrected chi connectivity index (χ4v) is 3.50. The maximum absolute atomic E-state index is 13.8. The number of rotatable bonds is 2. The van der Waals surface area contributed by atoms with Crippen molar-refractivity contribution < 1.29 is 9.13 Å². The van der Waals surface area contributed by atoms with Crippen molar-refractivity contribution in [3.63, 3.8) is 0 Å². The van der Waals surface area contributed by atoms with Gasteiger partial charge in [0.1, 0.15) is 0 Å². The van der Waals surface area contributed by atoms with Crippen molar-refractivity contribution in [1.29, 1.82) is 0 Å². The van der Waals surface area contributed by atoms with Crippen LogP contribution in [0.1, 0.15) is 38.6 Å². The number of nitrogens with zero attached hydrogens (tertiary/aromatic N) is 1. The molecular formula is C15H19FN2OS. The molecule has 0 bridgehead atoms. The summed E-state index contributed by atoms with van der Waals surface area (Å²) in [5, 5.41) is 0. The van der Waals surface area contributed by atoms with Gasteiger partial charge in [0.25, 0.3) is 0 Å². The van der Waals surface area contributed by atoms with Gasteiger partial charge in [0.2, 0.25) is 0 Å². The fourth-order valence-electron chi connectivity index (χ4n) is 3.15. The minimum absolute atomic E-state index is 0.268. The van der Waals surface area contributed by atoms with E-state index in [1.165, 1.54) is 26.0 Å². The average molecular weight is 294 g/mol. The highest BCUT2D eigenvalue weighted by atomic mass is 32.1. The van der Waals surface area contributed by atoms with E-state index < -0.39 is 0 Å². The average Bonchev–Trinajstić information content (AvgIpc) is 2.74. The van der Waals surface area contributed by atoms with Gasteiger partial charge in [-0.05, 0) is 43.8 Å². The van der Waals surface area contributed by atoms with Crippen LogP contribution in [0, 0.1) is 16.5 Å². The van der Waals surface area contributed by atoms with Crippen molar-refractivity contribution in [1.82, 2.24) is 9.55 Å². The Balaban J connectivity index is 2.10. The Morgan fingerprint density at radius 1 is 1.30 bits per heavy atom. The number of halogens is 1. The second-order valence-electron chi connectivity index (χ2n) is 5.72. The number of hydrogen-bond donors (Lipinski definition) is 1. The van der Waals surface area contributed by atoms with Crippen LogP contribution in [0.3, 0.4) is 0 Å². The maximum Gasteiger partial charge on any atom is 0.178 e. The normalized spacial score (nSPS) is 23.1. The van der Waals surface area contributed by atoms with Gasteiger partial charge in [-0.2, -0.15) is 0 Å². The first-order valence-electron chi connectivity index (χ1n) is 7.08. The molecule has 1 aliphatic rings. The molecule has 0 unspecified atom stereocenters. The summed E-state index contributed by atoms with van der Waals surface area (Å²) in [5.41, 5.74) is 1.68. The van der Waals surface area contributed by atoms with Crippen LogP contribution in [-0.2, 0) is 0 Å². The van der Waals surface area contributed by atoms with Crippen molar-refractivity contribution in [2.45, 2.75) is 38.6 Å². The van der Waals surface area contributed by atoms with Gasteiger partial charge in [-0.15, -0.1) is 0 Å². The zero-order valence-corrected chi connectivity index (χ0v) is 12.6. The molecule has 1 saturated carbocycles. The lowest BCUT2D eigenvalue weighted by Crippen LogP contribution is -2.16. The van der Waals surface area contributed by atoms with Crippen LogP contribution >= 0.6 is 12.2 Å². The van der Waals surface area contributed by atoms with E-state index in [2.05, 4.69) is 16.5 Å². The van der Waals surface area contributed by atoms with Crippen molar-refractivity contribution >= 4 is 23.3 Å². The predicted molar refractivity (Wildman–Crippen MR) is 80.3 cm³/mol. The molecule has 1 heterocycles. The number of H-pyrrole nitrogens is 1. The molecule has 1 N–H and O–H groups in total. The van der Waals surface area contributed by atoms with E-state index in [0.717, 1.165) is 29.8 Å². The van der Waals surface area contributed by atoms with Crippen LogP contribution < -0.4 is 4.74 Å². The SMILES string of the molecule is COc1cc2c(cc1F)[nH]c(=S)n2C1CCC(C)CC1. The summed E-state index contributed by atoms with van der Waals surface area (Å²) in [6.07, 6.45) is 4.69. The highest BCUT2D eigenvalue weighted by molar-refractivity contribution is 7.71. The van der Waals surface area contributed by atoms with E-state index in [4.69, 9.17) is 17.0 Å². The van der Waals surface area contributed by atoms with Gasteiger partial charge in [-0.3, -0.25) is 0 Å². The molecule has 1 aromatic carbocycles. The van der Waals surface area contributed by atoms with Crippen LogP contribution in [0.2, 0.25) is 0 Å². The smallest absolute Gasteiger partial charge is 0.178 e. The highest BCUT2D eigenvalue weighted by Gasteiger charge is 2.22. The molecule has 3 nitrogen and oxygen atoms in total. The van der Waals surface area contributed by atoms with Gasteiger partial charge in [0.05, 0.1) is 18.1 Å². The zero-order chi connectivity index (χ0) is 14.3. The van der Waals surface area contributed by atoms with Crippen LogP contribution in [0.4, 0.5) is 4.39 Å². The molecular weight excluding hydrogens is 275 g/mol. The molecule has 5 heteroatoms. The summed E-state index contributed by atoms with van der Waals surface area (Å²) in [7, 11) is 1.48. The standard InChI is InChI=1S/C15H19FN2OS/c1-9-3-5-10(6-4-9)18-13-8-14(19-2)11(16)7-12(13)17-15(18)20/h7-10H,3-6H2,1-2H3,(H,17,20). The molecule has 0 saturated heterocycles. The third-order valence-corrected chi connectivity index (χ3v) is 4.64. The Morgan fingerprint density at radius 3 is 2.65 bits per heavy atom. The number of aromatic amines is 1. The molecule has 0 atom stereocenters. The van der Waals surface area contributed by atoms with E-state index in [9.17, 15) is 4.39 Å². The third-order valence-electron chi connectivity index (χ3n) is 4.34. The molecule has 20 heavy (non-hydrogen) atoms. The van der Waals surface area contributed by atoms with Crippen molar-refractivity contribution in [3.05, 3.63) is 22.7 Å². The van der Waals surface area contributed by atoms with Gasteiger partial charge in [-0.25, -0.2) is 4.39 Å². The first-order valence-corrected chi connectivity index (χ1v) is 7.48. The first-order chi connectivity index (χ1) is 9.60. The lowest BCUT2D eigenvalue weighted by atomic mass is 9.87. The molecule has 0 amide bonds. The molecule has 0 radical (unpaired) electrons. The second kappa shape index (κ2) is 5.20. The van der Waals surface area contributed by atoms with Crippen molar-refractivity contribution in [2.75, 3.05) is 7.11 Å². The summed E-state index contributed by atoms with van der Waals surface area (Å²) in [6.45, 7) is 2.29. The number of methoxy groups -OCH3 is 1. The van der Waals surface area contributed by atoms with E-state index in [-0.39, 0.29) is 11.6 Å². The van der Waals surface area contributed by atoms with Gasteiger partial charge >= 0.3 is 0 Å². The molecule has 108 valence electrons. The number of nitrogens with one attached hydrogen (secondary N) is 1. The summed E-state index contributed by atoms with van der Waals surface area (Å²) in [5.74, 6) is 0.697. The number of aromatic nitrogens is 2. The third kappa shape index (κ3) is 2.24. The van der Waals surface area contributed by atoms with Gasteiger partial charge in [-0.1, -0.05) is 6.92 Å². The Kier molecular flexibility index (Phi) is 3.54. The molecule has 0 spiro atoms. The van der Waals surface area contributed by atoms with E-state index in [1.807, 2.05) is 0 Å². The number of benzene rings is 1. The molecule has 1 aliphatic carbocycles. The van der Waals surface area contributed by atoms with Gasteiger partial charge in [0.15, 0.2) is 16.3 Å². The lowest BCUT2D eigenvalue weighted by Gasteiger charge is -2.27. The van der Waals surface area contributed by atoms with Crippen LogP contribution in [0.15, 0.2) is 12.1 Å². The number of ether oxygens (including phenoxy) is 1. The Labute approximate surface area is 122 Å². The number of imidazole rings is 1. The molecule has 2 aromatic rings. The van der Waals surface area contributed by atoms with Gasteiger partial charge < -0.3 is 14.3 Å². The minimum Gasteiger partial charge on any atom is -0.494 e. The van der Waals surface area contributed by atoms with Crippen LogP contribution in [0.25, 0.3) is 11.0 Å². The predicted octanol–water partition coefficient (Wildman–Crippen LogP) is 4.60. The lowest BCUT2D eigenvalue weighted by molar-refractivity contribution is 0.292.